The summed E-state index contributed by atoms with van der Waals surface area (Å²) in [4.78, 5) is 16.0. The van der Waals surface area contributed by atoms with Crippen LogP contribution in [0.4, 0.5) is 5.69 Å². The van der Waals surface area contributed by atoms with Gasteiger partial charge in [-0.1, -0.05) is 76.8 Å². The van der Waals surface area contributed by atoms with Crippen molar-refractivity contribution >= 4 is 23.4 Å². The molecule has 0 atom stereocenters. The lowest BCUT2D eigenvalue weighted by Crippen LogP contribution is -2.14. The van der Waals surface area contributed by atoms with Crippen LogP contribution in [0.25, 0.3) is 0 Å². The second kappa shape index (κ2) is 16.2. The van der Waals surface area contributed by atoms with Gasteiger partial charge in [-0.15, -0.1) is 0 Å². The van der Waals surface area contributed by atoms with E-state index in [-0.39, 0.29) is 12.5 Å². The standard InChI is InChI=1S/C21H35NO3S/c1-2-3-4-5-6-7-8-9-10-11-16-26-18-21(23)22-20-14-12-19(13-15-20)17-25-24/h12-15,24H,2-11,16-18H2,1H3,(H,22,23). The predicted octanol–water partition coefficient (Wildman–Crippen LogP) is 6.27. The molecule has 26 heavy (non-hydrogen) atoms. The van der Waals surface area contributed by atoms with E-state index in [9.17, 15) is 4.79 Å². The first kappa shape index (κ1) is 23.0. The molecule has 4 nitrogen and oxygen atoms in total. The second-order valence-electron chi connectivity index (χ2n) is 6.75. The highest BCUT2D eigenvalue weighted by Gasteiger charge is 2.03. The van der Waals surface area contributed by atoms with E-state index in [0.717, 1.165) is 17.0 Å². The lowest BCUT2D eigenvalue weighted by molar-refractivity contribution is -0.253. The van der Waals surface area contributed by atoms with Gasteiger partial charge in [0.05, 0.1) is 5.75 Å². The number of unbranched alkanes of at least 4 members (excludes halogenated alkanes) is 9. The summed E-state index contributed by atoms with van der Waals surface area (Å²) in [6.07, 6.45) is 13.4. The van der Waals surface area contributed by atoms with Crippen molar-refractivity contribution in [2.45, 2.75) is 77.7 Å². The Morgan fingerprint density at radius 3 is 2.12 bits per heavy atom. The molecule has 0 aliphatic heterocycles. The Kier molecular flexibility index (Phi) is 14.3. The summed E-state index contributed by atoms with van der Waals surface area (Å²) in [5.74, 6) is 1.59. The van der Waals surface area contributed by atoms with Crippen molar-refractivity contribution in [3.8, 4) is 0 Å². The summed E-state index contributed by atoms with van der Waals surface area (Å²) in [7, 11) is 0. The van der Waals surface area contributed by atoms with E-state index in [2.05, 4.69) is 17.1 Å². The Bertz CT molecular complexity index is 465. The Labute approximate surface area is 163 Å². The van der Waals surface area contributed by atoms with Crippen molar-refractivity contribution in [2.75, 3.05) is 16.8 Å². The number of hydrogen-bond acceptors (Lipinski definition) is 4. The first-order valence-electron chi connectivity index (χ1n) is 9.99. The first-order valence-corrected chi connectivity index (χ1v) is 11.1. The number of nitrogens with one attached hydrogen (secondary N) is 1. The van der Waals surface area contributed by atoms with Gasteiger partial charge in [-0.3, -0.25) is 10.1 Å². The minimum Gasteiger partial charge on any atom is -0.325 e. The highest BCUT2D eigenvalue weighted by molar-refractivity contribution is 7.99. The minimum atomic E-state index is 0.0354. The summed E-state index contributed by atoms with van der Waals surface area (Å²) >= 11 is 1.70. The molecule has 0 fully saturated rings. The molecule has 0 aliphatic carbocycles. The molecule has 2 N–H and O–H groups in total. The lowest BCUT2D eigenvalue weighted by Gasteiger charge is -2.06. The van der Waals surface area contributed by atoms with Crippen LogP contribution in [0.2, 0.25) is 0 Å². The van der Waals surface area contributed by atoms with Gasteiger partial charge < -0.3 is 5.32 Å². The molecular formula is C21H35NO3S. The van der Waals surface area contributed by atoms with E-state index < -0.39 is 0 Å². The molecule has 0 saturated heterocycles. The molecular weight excluding hydrogens is 346 g/mol. The third-order valence-electron chi connectivity index (χ3n) is 4.34. The second-order valence-corrected chi connectivity index (χ2v) is 7.86. The average molecular weight is 382 g/mol. The number of rotatable bonds is 16. The highest BCUT2D eigenvalue weighted by Crippen LogP contribution is 2.14. The summed E-state index contributed by atoms with van der Waals surface area (Å²) in [6.45, 7) is 2.41. The van der Waals surface area contributed by atoms with Crippen molar-refractivity contribution in [3.63, 3.8) is 0 Å². The maximum absolute atomic E-state index is 11.9. The van der Waals surface area contributed by atoms with Gasteiger partial charge in [-0.2, -0.15) is 11.8 Å². The van der Waals surface area contributed by atoms with Crippen LogP contribution in [0.15, 0.2) is 24.3 Å². The SMILES string of the molecule is CCCCCCCCCCCCSCC(=O)Nc1ccc(COO)cc1. The lowest BCUT2D eigenvalue weighted by atomic mass is 10.1. The molecule has 148 valence electrons. The van der Waals surface area contributed by atoms with Gasteiger partial charge in [0.15, 0.2) is 0 Å². The number of carbonyl (C=O) groups excluding carboxylic acids is 1. The third-order valence-corrected chi connectivity index (χ3v) is 5.39. The van der Waals surface area contributed by atoms with Crippen LogP contribution in [0, 0.1) is 0 Å². The van der Waals surface area contributed by atoms with Crippen LogP contribution in [0.1, 0.15) is 76.7 Å². The van der Waals surface area contributed by atoms with E-state index in [1.165, 1.54) is 64.2 Å². The van der Waals surface area contributed by atoms with Gasteiger partial charge in [0.25, 0.3) is 0 Å². The number of anilines is 1. The molecule has 0 aromatic heterocycles. The van der Waals surface area contributed by atoms with Gasteiger partial charge >= 0.3 is 0 Å². The zero-order valence-electron chi connectivity index (χ0n) is 16.2. The summed E-state index contributed by atoms with van der Waals surface area (Å²) in [5.41, 5.74) is 1.64. The smallest absolute Gasteiger partial charge is 0.234 e. The fourth-order valence-electron chi connectivity index (χ4n) is 2.81. The largest absolute Gasteiger partial charge is 0.325 e. The molecule has 0 heterocycles. The molecule has 1 aromatic rings. The molecule has 0 radical (unpaired) electrons. The number of hydrogen-bond donors (Lipinski definition) is 2. The highest BCUT2D eigenvalue weighted by atomic mass is 32.2. The van der Waals surface area contributed by atoms with Crippen molar-refractivity contribution < 1.29 is 14.9 Å². The summed E-state index contributed by atoms with van der Waals surface area (Å²) in [5, 5.41) is 11.3. The normalized spacial score (nSPS) is 10.8. The van der Waals surface area contributed by atoms with Crippen LogP contribution in [0.3, 0.4) is 0 Å². The van der Waals surface area contributed by atoms with E-state index >= 15 is 0 Å². The van der Waals surface area contributed by atoms with Crippen LogP contribution in [0.5, 0.6) is 0 Å². The van der Waals surface area contributed by atoms with Crippen molar-refractivity contribution in [2.24, 2.45) is 0 Å². The van der Waals surface area contributed by atoms with Crippen LogP contribution in [-0.2, 0) is 16.3 Å². The summed E-state index contributed by atoms with van der Waals surface area (Å²) in [6, 6.07) is 7.28. The van der Waals surface area contributed by atoms with Crippen molar-refractivity contribution in [3.05, 3.63) is 29.8 Å². The molecule has 0 bridgehead atoms. The Hall–Kier alpha value is -1.04. The number of benzene rings is 1. The van der Waals surface area contributed by atoms with Gasteiger partial charge in [0.1, 0.15) is 6.61 Å². The van der Waals surface area contributed by atoms with Crippen molar-refractivity contribution in [1.29, 1.82) is 0 Å². The molecule has 1 amide bonds. The zero-order chi connectivity index (χ0) is 18.9. The molecule has 5 heteroatoms. The van der Waals surface area contributed by atoms with Crippen LogP contribution < -0.4 is 5.32 Å². The fourth-order valence-corrected chi connectivity index (χ4v) is 3.62. The zero-order valence-corrected chi connectivity index (χ0v) is 17.0. The van der Waals surface area contributed by atoms with Gasteiger partial charge in [0.2, 0.25) is 5.91 Å². The first-order chi connectivity index (χ1) is 12.8. The molecule has 0 saturated carbocycles. The Morgan fingerprint density at radius 1 is 0.962 bits per heavy atom. The predicted molar refractivity (Wildman–Crippen MR) is 112 cm³/mol. The van der Waals surface area contributed by atoms with Gasteiger partial charge in [-0.05, 0) is 29.9 Å². The van der Waals surface area contributed by atoms with Crippen LogP contribution in [-0.4, -0.2) is 22.7 Å². The monoisotopic (exact) mass is 381 g/mol. The number of amides is 1. The number of carbonyl (C=O) groups is 1. The maximum Gasteiger partial charge on any atom is 0.234 e. The van der Waals surface area contributed by atoms with Crippen molar-refractivity contribution in [1.82, 2.24) is 0 Å². The fraction of sp³-hybridized carbons (Fsp3) is 0.667. The van der Waals surface area contributed by atoms with Gasteiger partial charge in [0, 0.05) is 5.69 Å². The Balaban J connectivity index is 1.93. The van der Waals surface area contributed by atoms with E-state index in [4.69, 9.17) is 5.26 Å². The maximum atomic E-state index is 11.9. The molecule has 0 spiro atoms. The van der Waals surface area contributed by atoms with E-state index in [1.54, 1.807) is 11.8 Å². The van der Waals surface area contributed by atoms with E-state index in [0.29, 0.717) is 5.75 Å². The number of thioether (sulfide) groups is 1. The van der Waals surface area contributed by atoms with E-state index in [1.807, 2.05) is 24.3 Å². The molecule has 0 unspecified atom stereocenters. The van der Waals surface area contributed by atoms with Gasteiger partial charge in [-0.25, -0.2) is 4.89 Å². The molecule has 1 rings (SSSR count). The van der Waals surface area contributed by atoms with Crippen LogP contribution >= 0.6 is 11.8 Å². The molecule has 1 aromatic carbocycles. The molecule has 0 aliphatic rings. The average Bonchev–Trinajstić information content (AvgIpc) is 2.64. The Morgan fingerprint density at radius 2 is 1.54 bits per heavy atom. The quantitative estimate of drug-likeness (QED) is 0.201. The minimum absolute atomic E-state index is 0.0354. The summed E-state index contributed by atoms with van der Waals surface area (Å²) < 4.78 is 0. The third kappa shape index (κ3) is 12.3. The topological polar surface area (TPSA) is 58.6 Å².